The minimum Gasteiger partial charge on any atom is -0.396 e. The number of hydrogen-bond donors (Lipinski definition) is 3. The summed E-state index contributed by atoms with van der Waals surface area (Å²) in [5, 5.41) is 8.79. The molecule has 0 unspecified atom stereocenters. The molecule has 15 heavy (non-hydrogen) atoms. The summed E-state index contributed by atoms with van der Waals surface area (Å²) in [6, 6.07) is 5.06. The number of carbonyl (C=O) groups is 1. The quantitative estimate of drug-likeness (QED) is 0.598. The highest BCUT2D eigenvalue weighted by Crippen LogP contribution is 2.25. The van der Waals surface area contributed by atoms with Crippen LogP contribution in [0.2, 0.25) is 0 Å². The molecule has 82 valence electrons. The molecule has 0 atom stereocenters. The van der Waals surface area contributed by atoms with E-state index in [1.165, 1.54) is 0 Å². The molecule has 5 nitrogen and oxygen atoms in total. The molecular formula is C10H15N3O2. The molecule has 0 saturated carbocycles. The summed E-state index contributed by atoms with van der Waals surface area (Å²) < 4.78 is 0. The Morgan fingerprint density at radius 3 is 2.73 bits per heavy atom. The summed E-state index contributed by atoms with van der Waals surface area (Å²) in [4.78, 5) is 12.8. The molecule has 0 aromatic heterocycles. The minimum atomic E-state index is -0.549. The van der Waals surface area contributed by atoms with E-state index in [1.54, 1.807) is 30.1 Å². The molecular weight excluding hydrogens is 194 g/mol. The van der Waals surface area contributed by atoms with Crippen LogP contribution in [-0.2, 0) is 0 Å². The van der Waals surface area contributed by atoms with Crippen LogP contribution in [0.5, 0.6) is 0 Å². The maximum absolute atomic E-state index is 11.0. The van der Waals surface area contributed by atoms with Gasteiger partial charge in [-0.1, -0.05) is 6.07 Å². The smallest absolute Gasteiger partial charge is 0.250 e. The second-order valence-electron chi connectivity index (χ2n) is 3.25. The molecule has 0 fully saturated rings. The summed E-state index contributed by atoms with van der Waals surface area (Å²) in [5.41, 5.74) is 12.3. The molecule has 0 aliphatic heterocycles. The average molecular weight is 209 g/mol. The number of hydrogen-bond acceptors (Lipinski definition) is 4. The van der Waals surface area contributed by atoms with Crippen molar-refractivity contribution in [2.24, 2.45) is 5.73 Å². The number of nitrogens with two attached hydrogens (primary N) is 2. The number of carbonyl (C=O) groups excluding carboxylic acids is 1. The lowest BCUT2D eigenvalue weighted by Gasteiger charge is -2.20. The number of primary amides is 1. The fourth-order valence-electron chi connectivity index (χ4n) is 1.37. The van der Waals surface area contributed by atoms with Gasteiger partial charge in [-0.3, -0.25) is 4.79 Å². The van der Waals surface area contributed by atoms with Crippen molar-refractivity contribution in [1.82, 2.24) is 0 Å². The Balaban J connectivity index is 3.09. The Labute approximate surface area is 88.3 Å². The number of aliphatic hydroxyl groups is 1. The Hall–Kier alpha value is -1.75. The normalized spacial score (nSPS) is 10.0. The zero-order chi connectivity index (χ0) is 11.4. The lowest BCUT2D eigenvalue weighted by atomic mass is 10.1. The van der Waals surface area contributed by atoms with Gasteiger partial charge in [0.05, 0.1) is 23.5 Å². The van der Waals surface area contributed by atoms with Crippen LogP contribution in [0.1, 0.15) is 10.4 Å². The van der Waals surface area contributed by atoms with Gasteiger partial charge in [-0.05, 0) is 12.1 Å². The summed E-state index contributed by atoms with van der Waals surface area (Å²) in [6.45, 7) is 0.475. The van der Waals surface area contributed by atoms with E-state index in [9.17, 15) is 4.79 Å². The molecule has 1 amide bonds. The van der Waals surface area contributed by atoms with Gasteiger partial charge < -0.3 is 21.5 Å². The molecule has 1 rings (SSSR count). The average Bonchev–Trinajstić information content (AvgIpc) is 2.17. The van der Waals surface area contributed by atoms with E-state index in [1.807, 2.05) is 0 Å². The van der Waals surface area contributed by atoms with Gasteiger partial charge in [-0.25, -0.2) is 0 Å². The van der Waals surface area contributed by atoms with E-state index >= 15 is 0 Å². The molecule has 0 radical (unpaired) electrons. The van der Waals surface area contributed by atoms with E-state index in [4.69, 9.17) is 16.6 Å². The second kappa shape index (κ2) is 4.65. The molecule has 0 saturated heterocycles. The van der Waals surface area contributed by atoms with Crippen LogP contribution in [0.15, 0.2) is 18.2 Å². The van der Waals surface area contributed by atoms with Crippen LogP contribution >= 0.6 is 0 Å². The highest BCUT2D eigenvalue weighted by Gasteiger charge is 2.11. The zero-order valence-electron chi connectivity index (χ0n) is 8.60. The number of nitrogen functional groups attached to an aromatic ring is 1. The van der Waals surface area contributed by atoms with E-state index in [-0.39, 0.29) is 6.61 Å². The third-order valence-corrected chi connectivity index (χ3v) is 2.20. The summed E-state index contributed by atoms with van der Waals surface area (Å²) in [7, 11) is 1.78. The van der Waals surface area contributed by atoms with Crippen molar-refractivity contribution < 1.29 is 9.90 Å². The van der Waals surface area contributed by atoms with Crippen molar-refractivity contribution in [3.63, 3.8) is 0 Å². The monoisotopic (exact) mass is 209 g/mol. The number of aliphatic hydroxyl groups excluding tert-OH is 1. The maximum Gasteiger partial charge on any atom is 0.250 e. The lowest BCUT2D eigenvalue weighted by molar-refractivity contribution is 0.100. The first kappa shape index (κ1) is 11.3. The van der Waals surface area contributed by atoms with E-state index < -0.39 is 5.91 Å². The molecule has 0 heterocycles. The fraction of sp³-hybridized carbons (Fsp3) is 0.300. The van der Waals surface area contributed by atoms with Crippen LogP contribution in [0.4, 0.5) is 11.4 Å². The highest BCUT2D eigenvalue weighted by atomic mass is 16.3. The highest BCUT2D eigenvalue weighted by molar-refractivity contribution is 6.00. The number of likely N-dealkylation sites (N-methyl/N-ethyl adjacent to an activating group) is 1. The predicted octanol–water partition coefficient (Wildman–Crippen LogP) is -0.204. The third kappa shape index (κ3) is 2.38. The van der Waals surface area contributed by atoms with Crippen LogP contribution < -0.4 is 16.4 Å². The Morgan fingerprint density at radius 2 is 2.20 bits per heavy atom. The zero-order valence-corrected chi connectivity index (χ0v) is 8.60. The van der Waals surface area contributed by atoms with Gasteiger partial charge in [0.25, 0.3) is 5.91 Å². The Morgan fingerprint density at radius 1 is 1.53 bits per heavy atom. The Bertz CT molecular complexity index is 366. The molecule has 0 bridgehead atoms. The topological polar surface area (TPSA) is 92.6 Å². The van der Waals surface area contributed by atoms with Gasteiger partial charge in [0, 0.05) is 13.6 Å². The van der Waals surface area contributed by atoms with Crippen LogP contribution in [-0.4, -0.2) is 31.2 Å². The maximum atomic E-state index is 11.0. The molecule has 5 N–H and O–H groups in total. The third-order valence-electron chi connectivity index (χ3n) is 2.20. The first-order chi connectivity index (χ1) is 7.07. The van der Waals surface area contributed by atoms with Crippen molar-refractivity contribution in [3.05, 3.63) is 23.8 Å². The van der Waals surface area contributed by atoms with Crippen LogP contribution in [0.3, 0.4) is 0 Å². The SMILES string of the molecule is CN(CCO)c1cccc(C(N)=O)c1N. The number of anilines is 2. The summed E-state index contributed by atoms with van der Waals surface area (Å²) in [5.74, 6) is -0.549. The first-order valence-corrected chi connectivity index (χ1v) is 4.58. The molecule has 0 aliphatic rings. The second-order valence-corrected chi connectivity index (χ2v) is 3.25. The van der Waals surface area contributed by atoms with Crippen molar-refractivity contribution in [2.45, 2.75) is 0 Å². The summed E-state index contributed by atoms with van der Waals surface area (Å²) in [6.07, 6.45) is 0. The number of amides is 1. The van der Waals surface area contributed by atoms with Gasteiger partial charge in [0.2, 0.25) is 0 Å². The summed E-state index contributed by atoms with van der Waals surface area (Å²) >= 11 is 0. The number of rotatable bonds is 4. The standard InChI is InChI=1S/C10H15N3O2/c1-13(5-6-14)8-4-2-3-7(9(8)11)10(12)15/h2-4,14H,5-6,11H2,1H3,(H2,12,15). The lowest BCUT2D eigenvalue weighted by Crippen LogP contribution is -2.23. The van der Waals surface area contributed by atoms with E-state index in [0.29, 0.717) is 23.5 Å². The molecule has 1 aromatic rings. The molecule has 0 aliphatic carbocycles. The van der Waals surface area contributed by atoms with Gasteiger partial charge in [-0.2, -0.15) is 0 Å². The van der Waals surface area contributed by atoms with E-state index in [0.717, 1.165) is 0 Å². The van der Waals surface area contributed by atoms with Gasteiger partial charge in [0.15, 0.2) is 0 Å². The molecule has 0 spiro atoms. The predicted molar refractivity (Wildman–Crippen MR) is 59.7 cm³/mol. The van der Waals surface area contributed by atoms with Crippen molar-refractivity contribution >= 4 is 17.3 Å². The van der Waals surface area contributed by atoms with Crippen molar-refractivity contribution in [2.75, 3.05) is 30.8 Å². The van der Waals surface area contributed by atoms with Gasteiger partial charge in [0.1, 0.15) is 0 Å². The van der Waals surface area contributed by atoms with Crippen molar-refractivity contribution in [3.8, 4) is 0 Å². The number of para-hydroxylation sites is 1. The number of nitrogens with zero attached hydrogens (tertiary/aromatic N) is 1. The van der Waals surface area contributed by atoms with E-state index in [2.05, 4.69) is 0 Å². The fourth-order valence-corrected chi connectivity index (χ4v) is 1.37. The number of benzene rings is 1. The minimum absolute atomic E-state index is 0.0245. The van der Waals surface area contributed by atoms with Crippen molar-refractivity contribution in [1.29, 1.82) is 0 Å². The molecule has 5 heteroatoms. The van der Waals surface area contributed by atoms with Gasteiger partial charge in [-0.15, -0.1) is 0 Å². The van der Waals surface area contributed by atoms with Gasteiger partial charge >= 0.3 is 0 Å². The first-order valence-electron chi connectivity index (χ1n) is 4.58. The molecule has 1 aromatic carbocycles. The Kier molecular flexibility index (Phi) is 3.51. The van der Waals surface area contributed by atoms with Crippen LogP contribution in [0.25, 0.3) is 0 Å². The largest absolute Gasteiger partial charge is 0.396 e. The van der Waals surface area contributed by atoms with Crippen LogP contribution in [0, 0.1) is 0 Å².